The topological polar surface area (TPSA) is 20.9 Å². The van der Waals surface area contributed by atoms with E-state index >= 15 is 0 Å². The number of hydrogen-bond acceptors (Lipinski definition) is 1. The third-order valence-corrected chi connectivity index (χ3v) is 3.02. The maximum Gasteiger partial charge on any atom is 0.248 e. The third kappa shape index (κ3) is 3.75. The molecular weight excluding hydrogens is 234 g/mol. The predicted octanol–water partition coefficient (Wildman–Crippen LogP) is 3.25. The lowest BCUT2D eigenvalue weighted by Gasteiger charge is -2.05. The van der Waals surface area contributed by atoms with Crippen LogP contribution in [0.1, 0.15) is 36.3 Å². The van der Waals surface area contributed by atoms with Gasteiger partial charge in [0, 0.05) is 24.1 Å². The first kappa shape index (κ1) is 13.5. The van der Waals surface area contributed by atoms with Crippen molar-refractivity contribution < 1.29 is 9.36 Å². The van der Waals surface area contributed by atoms with Gasteiger partial charge in [-0.25, -0.2) is 0 Å². The highest BCUT2D eigenvalue weighted by atomic mass is 16.1. The first-order valence-corrected chi connectivity index (χ1v) is 6.72. The SMILES string of the molecule is CC(C)CC(=O)c1cccc[n+]1Cc1ccccc1. The van der Waals surface area contributed by atoms with Crippen LogP contribution in [0.3, 0.4) is 0 Å². The Morgan fingerprint density at radius 1 is 1.05 bits per heavy atom. The Bertz CT molecular complexity index is 546. The Labute approximate surface area is 114 Å². The second kappa shape index (κ2) is 6.28. The summed E-state index contributed by atoms with van der Waals surface area (Å²) in [6.07, 6.45) is 2.57. The van der Waals surface area contributed by atoms with Gasteiger partial charge in [-0.3, -0.25) is 4.79 Å². The van der Waals surface area contributed by atoms with Gasteiger partial charge in [0.2, 0.25) is 11.5 Å². The van der Waals surface area contributed by atoms with Crippen molar-refractivity contribution in [1.82, 2.24) is 0 Å². The van der Waals surface area contributed by atoms with Crippen molar-refractivity contribution in [2.45, 2.75) is 26.8 Å². The molecule has 0 saturated heterocycles. The number of carbonyl (C=O) groups excluding carboxylic acids is 1. The van der Waals surface area contributed by atoms with Gasteiger partial charge in [0.25, 0.3) is 0 Å². The molecule has 2 heteroatoms. The summed E-state index contributed by atoms with van der Waals surface area (Å²) in [6.45, 7) is 4.88. The van der Waals surface area contributed by atoms with E-state index in [4.69, 9.17) is 0 Å². The van der Waals surface area contributed by atoms with E-state index in [1.54, 1.807) is 0 Å². The quantitative estimate of drug-likeness (QED) is 0.592. The van der Waals surface area contributed by atoms with Crippen molar-refractivity contribution >= 4 is 5.78 Å². The molecule has 0 aliphatic rings. The largest absolute Gasteiger partial charge is 0.287 e. The third-order valence-electron chi connectivity index (χ3n) is 3.02. The number of aromatic nitrogens is 1. The maximum atomic E-state index is 12.2. The monoisotopic (exact) mass is 254 g/mol. The molecule has 0 aliphatic heterocycles. The van der Waals surface area contributed by atoms with Crippen LogP contribution in [-0.4, -0.2) is 5.78 Å². The van der Waals surface area contributed by atoms with E-state index in [0.717, 1.165) is 12.2 Å². The second-order valence-electron chi connectivity index (χ2n) is 5.22. The van der Waals surface area contributed by atoms with Crippen molar-refractivity contribution in [3.05, 3.63) is 66.0 Å². The molecule has 2 nitrogen and oxygen atoms in total. The van der Waals surface area contributed by atoms with Crippen LogP contribution in [0.25, 0.3) is 0 Å². The lowest BCUT2D eigenvalue weighted by atomic mass is 10.0. The van der Waals surface area contributed by atoms with E-state index in [1.807, 2.05) is 47.2 Å². The summed E-state index contributed by atoms with van der Waals surface area (Å²) >= 11 is 0. The standard InChI is InChI=1S/C17H20NO/c1-14(2)12-17(19)16-10-6-7-11-18(16)13-15-8-4-3-5-9-15/h3-11,14H,12-13H2,1-2H3/q+1. The Morgan fingerprint density at radius 2 is 1.74 bits per heavy atom. The van der Waals surface area contributed by atoms with Gasteiger partial charge in [0.05, 0.1) is 0 Å². The van der Waals surface area contributed by atoms with Crippen LogP contribution < -0.4 is 4.57 Å². The van der Waals surface area contributed by atoms with Crippen LogP contribution in [0.4, 0.5) is 0 Å². The molecule has 0 aliphatic carbocycles. The number of nitrogens with zero attached hydrogens (tertiary/aromatic N) is 1. The van der Waals surface area contributed by atoms with E-state index in [0.29, 0.717) is 12.3 Å². The summed E-state index contributed by atoms with van der Waals surface area (Å²) in [5.74, 6) is 0.601. The number of Topliss-reactive ketones (excluding diaryl/α,β-unsaturated/α-hetero) is 1. The van der Waals surface area contributed by atoms with Gasteiger partial charge in [-0.05, 0) is 12.0 Å². The number of pyridine rings is 1. The lowest BCUT2D eigenvalue weighted by molar-refractivity contribution is -0.690. The Hall–Kier alpha value is -1.96. The summed E-state index contributed by atoms with van der Waals surface area (Å²) < 4.78 is 2.03. The van der Waals surface area contributed by atoms with Gasteiger partial charge >= 0.3 is 0 Å². The molecule has 0 unspecified atom stereocenters. The highest BCUT2D eigenvalue weighted by Crippen LogP contribution is 2.07. The number of rotatable bonds is 5. The fourth-order valence-corrected chi connectivity index (χ4v) is 2.12. The van der Waals surface area contributed by atoms with Gasteiger partial charge in [-0.15, -0.1) is 0 Å². The predicted molar refractivity (Wildman–Crippen MR) is 76.0 cm³/mol. The summed E-state index contributed by atoms with van der Waals surface area (Å²) in [4.78, 5) is 12.2. The zero-order chi connectivity index (χ0) is 13.7. The summed E-state index contributed by atoms with van der Waals surface area (Å²) in [5, 5.41) is 0. The van der Waals surface area contributed by atoms with Crippen LogP contribution >= 0.6 is 0 Å². The number of carbonyl (C=O) groups is 1. The van der Waals surface area contributed by atoms with Gasteiger partial charge in [0.1, 0.15) is 0 Å². The van der Waals surface area contributed by atoms with Crippen molar-refractivity contribution in [1.29, 1.82) is 0 Å². The molecule has 0 amide bonds. The van der Waals surface area contributed by atoms with Crippen molar-refractivity contribution in [3.63, 3.8) is 0 Å². The number of hydrogen-bond donors (Lipinski definition) is 0. The molecule has 0 fully saturated rings. The molecule has 19 heavy (non-hydrogen) atoms. The van der Waals surface area contributed by atoms with E-state index in [2.05, 4.69) is 26.0 Å². The van der Waals surface area contributed by atoms with E-state index in [-0.39, 0.29) is 5.78 Å². The second-order valence-corrected chi connectivity index (χ2v) is 5.22. The molecule has 1 heterocycles. The molecule has 2 rings (SSSR count). The molecule has 0 spiro atoms. The first-order valence-electron chi connectivity index (χ1n) is 6.72. The molecular formula is C17H20NO+. The highest BCUT2D eigenvalue weighted by molar-refractivity contribution is 5.92. The molecule has 1 aromatic heterocycles. The fourth-order valence-electron chi connectivity index (χ4n) is 2.12. The molecule has 98 valence electrons. The molecule has 0 bridgehead atoms. The van der Waals surface area contributed by atoms with Gasteiger partial charge < -0.3 is 0 Å². The Kier molecular flexibility index (Phi) is 4.45. The smallest absolute Gasteiger partial charge is 0.248 e. The van der Waals surface area contributed by atoms with Gasteiger partial charge in [-0.2, -0.15) is 4.57 Å². The Balaban J connectivity index is 2.24. The van der Waals surface area contributed by atoms with E-state index < -0.39 is 0 Å². The lowest BCUT2D eigenvalue weighted by Crippen LogP contribution is -2.40. The average Bonchev–Trinajstić information content (AvgIpc) is 2.39. The fraction of sp³-hybridized carbons (Fsp3) is 0.294. The zero-order valence-electron chi connectivity index (χ0n) is 11.5. The van der Waals surface area contributed by atoms with Crippen LogP contribution in [0.2, 0.25) is 0 Å². The van der Waals surface area contributed by atoms with Crippen molar-refractivity contribution in [2.75, 3.05) is 0 Å². The molecule has 2 aromatic rings. The van der Waals surface area contributed by atoms with Gasteiger partial charge in [0.15, 0.2) is 12.7 Å². The normalized spacial score (nSPS) is 10.7. The summed E-state index contributed by atoms with van der Waals surface area (Å²) in [5.41, 5.74) is 2.00. The maximum absolute atomic E-state index is 12.2. The highest BCUT2D eigenvalue weighted by Gasteiger charge is 2.19. The molecule has 0 N–H and O–H groups in total. The van der Waals surface area contributed by atoms with E-state index in [1.165, 1.54) is 5.56 Å². The molecule has 0 atom stereocenters. The molecule has 1 aromatic carbocycles. The number of ketones is 1. The van der Waals surface area contributed by atoms with Crippen molar-refractivity contribution in [3.8, 4) is 0 Å². The van der Waals surface area contributed by atoms with Crippen LogP contribution in [-0.2, 0) is 6.54 Å². The zero-order valence-corrected chi connectivity index (χ0v) is 11.5. The minimum absolute atomic E-state index is 0.214. The summed E-state index contributed by atoms with van der Waals surface area (Å²) in [7, 11) is 0. The van der Waals surface area contributed by atoms with Crippen LogP contribution in [0.15, 0.2) is 54.7 Å². The van der Waals surface area contributed by atoms with Crippen molar-refractivity contribution in [2.24, 2.45) is 5.92 Å². The van der Waals surface area contributed by atoms with Crippen LogP contribution in [0, 0.1) is 5.92 Å². The molecule has 0 saturated carbocycles. The minimum Gasteiger partial charge on any atom is -0.287 e. The summed E-state index contributed by atoms with van der Waals surface area (Å²) in [6, 6.07) is 16.0. The van der Waals surface area contributed by atoms with E-state index in [9.17, 15) is 4.79 Å². The van der Waals surface area contributed by atoms with Gasteiger partial charge in [-0.1, -0.05) is 44.2 Å². The minimum atomic E-state index is 0.214. The first-order chi connectivity index (χ1) is 9.16. The number of benzene rings is 1. The molecule has 0 radical (unpaired) electrons. The Morgan fingerprint density at radius 3 is 2.42 bits per heavy atom. The van der Waals surface area contributed by atoms with Crippen LogP contribution in [0.5, 0.6) is 0 Å². The average molecular weight is 254 g/mol.